The van der Waals surface area contributed by atoms with Gasteiger partial charge in [-0.2, -0.15) is 0 Å². The molecule has 94 valence electrons. The van der Waals surface area contributed by atoms with Crippen molar-refractivity contribution in [2.75, 3.05) is 24.5 Å². The molecule has 0 radical (unpaired) electrons. The van der Waals surface area contributed by atoms with Crippen LogP contribution in [0, 0.1) is 9.49 Å². The van der Waals surface area contributed by atoms with Crippen LogP contribution >= 0.6 is 22.6 Å². The van der Waals surface area contributed by atoms with Gasteiger partial charge < -0.3 is 10.2 Å². The van der Waals surface area contributed by atoms with E-state index >= 15 is 0 Å². The van der Waals surface area contributed by atoms with Gasteiger partial charge in [0.05, 0.1) is 0 Å². The van der Waals surface area contributed by atoms with Crippen LogP contribution in [0.2, 0.25) is 0 Å². The van der Waals surface area contributed by atoms with Gasteiger partial charge >= 0.3 is 0 Å². The largest absolute Gasteiger partial charge is 0.369 e. The molecule has 1 saturated heterocycles. The third-order valence-electron chi connectivity index (χ3n) is 3.71. The fourth-order valence-electron chi connectivity index (χ4n) is 2.35. The number of halogens is 1. The number of benzene rings is 1. The van der Waals surface area contributed by atoms with E-state index in [-0.39, 0.29) is 0 Å². The van der Waals surface area contributed by atoms with Crippen molar-refractivity contribution in [1.29, 1.82) is 0 Å². The molecule has 2 unspecified atom stereocenters. The maximum atomic E-state index is 3.64. The van der Waals surface area contributed by atoms with E-state index in [0.29, 0.717) is 6.04 Å². The molecular formula is C14H21IN2. The van der Waals surface area contributed by atoms with Crippen molar-refractivity contribution in [2.24, 2.45) is 5.92 Å². The SMILES string of the molecule is CCC(C)C1CN(c2cccc(I)c2)CCN1. The Kier molecular flexibility index (Phi) is 4.68. The van der Waals surface area contributed by atoms with Gasteiger partial charge in [-0.3, -0.25) is 0 Å². The Balaban J connectivity index is 2.07. The summed E-state index contributed by atoms with van der Waals surface area (Å²) in [6, 6.07) is 9.43. The van der Waals surface area contributed by atoms with E-state index in [0.717, 1.165) is 25.6 Å². The van der Waals surface area contributed by atoms with Gasteiger partial charge in [0.25, 0.3) is 0 Å². The number of hydrogen-bond acceptors (Lipinski definition) is 2. The van der Waals surface area contributed by atoms with E-state index in [9.17, 15) is 0 Å². The van der Waals surface area contributed by atoms with Crippen molar-refractivity contribution in [3.63, 3.8) is 0 Å². The molecule has 2 nitrogen and oxygen atoms in total. The summed E-state index contributed by atoms with van der Waals surface area (Å²) in [4.78, 5) is 2.51. The van der Waals surface area contributed by atoms with Gasteiger partial charge in [-0.05, 0) is 46.7 Å². The van der Waals surface area contributed by atoms with Crippen molar-refractivity contribution < 1.29 is 0 Å². The second-order valence-corrected chi connectivity index (χ2v) is 6.12. The maximum absolute atomic E-state index is 3.64. The summed E-state index contributed by atoms with van der Waals surface area (Å²) in [5.41, 5.74) is 1.37. The summed E-state index contributed by atoms with van der Waals surface area (Å²) in [5.74, 6) is 0.751. The normalized spacial score (nSPS) is 22.5. The zero-order valence-electron chi connectivity index (χ0n) is 10.6. The lowest BCUT2D eigenvalue weighted by atomic mass is 9.97. The summed E-state index contributed by atoms with van der Waals surface area (Å²) >= 11 is 2.39. The minimum absolute atomic E-state index is 0.631. The molecule has 0 amide bonds. The minimum Gasteiger partial charge on any atom is -0.369 e. The van der Waals surface area contributed by atoms with E-state index in [1.54, 1.807) is 0 Å². The molecule has 1 aliphatic heterocycles. The maximum Gasteiger partial charge on any atom is 0.0377 e. The van der Waals surface area contributed by atoms with Gasteiger partial charge in [0.15, 0.2) is 0 Å². The van der Waals surface area contributed by atoms with Gasteiger partial charge in [0.2, 0.25) is 0 Å². The van der Waals surface area contributed by atoms with Crippen LogP contribution in [0.3, 0.4) is 0 Å². The Labute approximate surface area is 118 Å². The molecule has 1 fully saturated rings. The Morgan fingerprint density at radius 1 is 1.53 bits per heavy atom. The second-order valence-electron chi connectivity index (χ2n) is 4.87. The van der Waals surface area contributed by atoms with Crippen molar-refractivity contribution in [3.8, 4) is 0 Å². The van der Waals surface area contributed by atoms with E-state index in [1.807, 2.05) is 0 Å². The molecule has 2 rings (SSSR count). The Hall–Kier alpha value is -0.290. The predicted molar refractivity (Wildman–Crippen MR) is 82.6 cm³/mol. The van der Waals surface area contributed by atoms with Gasteiger partial charge in [-0.25, -0.2) is 0 Å². The number of piperazine rings is 1. The number of nitrogens with one attached hydrogen (secondary N) is 1. The first kappa shape index (κ1) is 13.1. The number of rotatable bonds is 3. The average molecular weight is 344 g/mol. The predicted octanol–water partition coefficient (Wildman–Crippen LogP) is 3.12. The first-order valence-corrected chi connectivity index (χ1v) is 7.52. The summed E-state index contributed by atoms with van der Waals surface area (Å²) in [5, 5.41) is 3.64. The highest BCUT2D eigenvalue weighted by Gasteiger charge is 2.23. The molecule has 1 aromatic carbocycles. The van der Waals surface area contributed by atoms with Crippen LogP contribution in [-0.4, -0.2) is 25.7 Å². The Morgan fingerprint density at radius 3 is 3.06 bits per heavy atom. The average Bonchev–Trinajstić information content (AvgIpc) is 2.38. The fourth-order valence-corrected chi connectivity index (χ4v) is 2.88. The van der Waals surface area contributed by atoms with Crippen LogP contribution in [0.5, 0.6) is 0 Å². The zero-order valence-corrected chi connectivity index (χ0v) is 12.8. The second kappa shape index (κ2) is 6.05. The highest BCUT2D eigenvalue weighted by atomic mass is 127. The van der Waals surface area contributed by atoms with Gasteiger partial charge in [0, 0.05) is 34.9 Å². The van der Waals surface area contributed by atoms with Crippen molar-refractivity contribution in [2.45, 2.75) is 26.3 Å². The van der Waals surface area contributed by atoms with Crippen molar-refractivity contribution in [1.82, 2.24) is 5.32 Å². The minimum atomic E-state index is 0.631. The van der Waals surface area contributed by atoms with Crippen LogP contribution in [0.4, 0.5) is 5.69 Å². The quantitative estimate of drug-likeness (QED) is 0.848. The third kappa shape index (κ3) is 3.35. The van der Waals surface area contributed by atoms with Gasteiger partial charge in [-0.1, -0.05) is 26.3 Å². The molecule has 1 aromatic rings. The number of anilines is 1. The van der Waals surface area contributed by atoms with Crippen LogP contribution < -0.4 is 10.2 Å². The molecule has 2 atom stereocenters. The lowest BCUT2D eigenvalue weighted by Gasteiger charge is -2.38. The smallest absolute Gasteiger partial charge is 0.0377 e. The van der Waals surface area contributed by atoms with Crippen LogP contribution in [0.1, 0.15) is 20.3 Å². The standard InChI is InChI=1S/C14H21IN2/c1-3-11(2)14-10-17(8-7-16-14)13-6-4-5-12(15)9-13/h4-6,9,11,14,16H,3,7-8,10H2,1-2H3. The first-order chi connectivity index (χ1) is 8.20. The molecule has 3 heteroatoms. The topological polar surface area (TPSA) is 15.3 Å². The number of hydrogen-bond donors (Lipinski definition) is 1. The van der Waals surface area contributed by atoms with E-state index in [4.69, 9.17) is 0 Å². The van der Waals surface area contributed by atoms with E-state index in [1.165, 1.54) is 15.7 Å². The van der Waals surface area contributed by atoms with Gasteiger partial charge in [0.1, 0.15) is 0 Å². The molecular weight excluding hydrogens is 323 g/mol. The summed E-state index contributed by atoms with van der Waals surface area (Å²) < 4.78 is 1.32. The summed E-state index contributed by atoms with van der Waals surface area (Å²) in [7, 11) is 0. The Morgan fingerprint density at radius 2 is 2.35 bits per heavy atom. The van der Waals surface area contributed by atoms with Crippen LogP contribution in [0.25, 0.3) is 0 Å². The molecule has 0 spiro atoms. The molecule has 1 heterocycles. The third-order valence-corrected chi connectivity index (χ3v) is 4.38. The first-order valence-electron chi connectivity index (χ1n) is 6.44. The lowest BCUT2D eigenvalue weighted by molar-refractivity contribution is 0.342. The molecule has 17 heavy (non-hydrogen) atoms. The lowest BCUT2D eigenvalue weighted by Crippen LogP contribution is -2.53. The molecule has 1 N–H and O–H groups in total. The molecule has 0 saturated carbocycles. The van der Waals surface area contributed by atoms with E-state index < -0.39 is 0 Å². The van der Waals surface area contributed by atoms with E-state index in [2.05, 4.69) is 70.9 Å². The van der Waals surface area contributed by atoms with Crippen LogP contribution in [0.15, 0.2) is 24.3 Å². The molecule has 1 aliphatic rings. The van der Waals surface area contributed by atoms with Gasteiger partial charge in [-0.15, -0.1) is 0 Å². The summed E-state index contributed by atoms with van der Waals surface area (Å²) in [6.07, 6.45) is 1.25. The molecule has 0 aromatic heterocycles. The van der Waals surface area contributed by atoms with Crippen molar-refractivity contribution >= 4 is 28.3 Å². The zero-order chi connectivity index (χ0) is 12.3. The highest BCUT2D eigenvalue weighted by Crippen LogP contribution is 2.21. The monoisotopic (exact) mass is 344 g/mol. The summed E-state index contributed by atoms with van der Waals surface area (Å²) in [6.45, 7) is 7.97. The fraction of sp³-hybridized carbons (Fsp3) is 0.571. The van der Waals surface area contributed by atoms with Crippen molar-refractivity contribution in [3.05, 3.63) is 27.8 Å². The Bertz CT molecular complexity index is 367. The molecule has 0 aliphatic carbocycles. The molecule has 0 bridgehead atoms. The number of nitrogens with zero attached hydrogens (tertiary/aromatic N) is 1. The van der Waals surface area contributed by atoms with Crippen LogP contribution in [-0.2, 0) is 0 Å². The highest BCUT2D eigenvalue weighted by molar-refractivity contribution is 14.1.